The molecule has 5 heteroatoms. The second-order valence-corrected chi connectivity index (χ2v) is 6.25. The quantitative estimate of drug-likeness (QED) is 0.684. The van der Waals surface area contributed by atoms with Crippen molar-refractivity contribution in [1.29, 1.82) is 0 Å². The van der Waals surface area contributed by atoms with Gasteiger partial charge in [0.05, 0.1) is 0 Å². The van der Waals surface area contributed by atoms with E-state index in [9.17, 15) is 4.21 Å². The van der Waals surface area contributed by atoms with Crippen LogP contribution in [0.1, 0.15) is 6.92 Å². The van der Waals surface area contributed by atoms with Gasteiger partial charge in [0.25, 0.3) is 0 Å². The molecule has 0 aromatic carbocycles. The van der Waals surface area contributed by atoms with E-state index in [1.807, 2.05) is 6.92 Å². The molecule has 0 aromatic rings. The summed E-state index contributed by atoms with van der Waals surface area (Å²) in [7, 11) is 1.39. The molecule has 0 amide bonds. The fraction of sp³-hybridized carbons (Fsp3) is 1.00. The molecule has 2 unspecified atom stereocenters. The van der Waals surface area contributed by atoms with Crippen molar-refractivity contribution in [2.45, 2.75) is 12.2 Å². The van der Waals surface area contributed by atoms with Gasteiger partial charge in [-0.15, -0.1) is 0 Å². The molecule has 0 aromatic heterocycles. The van der Waals surface area contributed by atoms with Crippen molar-refractivity contribution < 1.29 is 4.21 Å². The van der Waals surface area contributed by atoms with Crippen molar-refractivity contribution >= 4 is 10.8 Å². The van der Waals surface area contributed by atoms with Gasteiger partial charge in [-0.3, -0.25) is 9.11 Å². The van der Waals surface area contributed by atoms with E-state index in [0.717, 1.165) is 38.5 Å². The first-order valence-corrected chi connectivity index (χ1v) is 7.00. The third kappa shape index (κ3) is 4.59. The van der Waals surface area contributed by atoms with Crippen LogP contribution in [-0.2, 0) is 10.8 Å². The lowest BCUT2D eigenvalue weighted by molar-refractivity contribution is 0.161. The average molecular weight is 233 g/mol. The van der Waals surface area contributed by atoms with Crippen LogP contribution in [0.3, 0.4) is 0 Å². The van der Waals surface area contributed by atoms with Crippen LogP contribution in [-0.4, -0.2) is 71.3 Å². The van der Waals surface area contributed by atoms with Gasteiger partial charge >= 0.3 is 0 Å². The van der Waals surface area contributed by atoms with Gasteiger partial charge in [-0.05, 0) is 14.0 Å². The highest BCUT2D eigenvalue weighted by molar-refractivity contribution is 7.85. The minimum Gasteiger partial charge on any atom is -0.329 e. The van der Waals surface area contributed by atoms with Crippen molar-refractivity contribution in [3.05, 3.63) is 0 Å². The summed E-state index contributed by atoms with van der Waals surface area (Å²) < 4.78 is 11.7. The monoisotopic (exact) mass is 233 g/mol. The van der Waals surface area contributed by atoms with Gasteiger partial charge in [0.15, 0.2) is 0 Å². The lowest BCUT2D eigenvalue weighted by atomic mass is 10.3. The van der Waals surface area contributed by atoms with E-state index >= 15 is 0 Å². The zero-order chi connectivity index (χ0) is 11.3. The Hall–Kier alpha value is 0.0300. The second kappa shape index (κ2) is 6.58. The Balaban J connectivity index is 2.17. The molecule has 0 aliphatic carbocycles. The Morgan fingerprint density at radius 1 is 1.33 bits per heavy atom. The fourth-order valence-corrected chi connectivity index (χ4v) is 2.65. The zero-order valence-electron chi connectivity index (χ0n) is 9.82. The van der Waals surface area contributed by atoms with E-state index in [1.54, 1.807) is 0 Å². The molecule has 0 spiro atoms. The maximum atomic E-state index is 11.7. The summed E-state index contributed by atoms with van der Waals surface area (Å²) in [4.78, 5) is 4.72. The van der Waals surface area contributed by atoms with Crippen molar-refractivity contribution in [2.75, 3.05) is 52.1 Å². The minimum absolute atomic E-state index is 0.137. The van der Waals surface area contributed by atoms with Gasteiger partial charge in [0, 0.05) is 61.1 Å². The average Bonchev–Trinajstić information content (AvgIpc) is 2.26. The Morgan fingerprint density at radius 2 is 1.93 bits per heavy atom. The van der Waals surface area contributed by atoms with Crippen LogP contribution in [0, 0.1) is 0 Å². The minimum atomic E-state index is -0.755. The van der Waals surface area contributed by atoms with Crippen LogP contribution < -0.4 is 5.73 Å². The maximum absolute atomic E-state index is 11.7. The molecule has 1 aliphatic heterocycles. The largest absolute Gasteiger partial charge is 0.329 e. The summed E-state index contributed by atoms with van der Waals surface area (Å²) in [6, 6.07) is 0. The van der Waals surface area contributed by atoms with Crippen LogP contribution >= 0.6 is 0 Å². The predicted molar refractivity (Wildman–Crippen MR) is 65.5 cm³/mol. The standard InChI is InChI=1S/C10H23N3OS/c1-10(9-11)15(14)8-7-13-5-3-12(2)4-6-13/h10H,3-9,11H2,1-2H3. The summed E-state index contributed by atoms with van der Waals surface area (Å²) in [5.74, 6) is 0.766. The molecule has 1 rings (SSSR count). The van der Waals surface area contributed by atoms with E-state index < -0.39 is 10.8 Å². The first-order chi connectivity index (χ1) is 7.13. The van der Waals surface area contributed by atoms with Gasteiger partial charge in [0.1, 0.15) is 0 Å². The van der Waals surface area contributed by atoms with Gasteiger partial charge in [-0.2, -0.15) is 0 Å². The molecular formula is C10H23N3OS. The van der Waals surface area contributed by atoms with Crippen LogP contribution in [0.15, 0.2) is 0 Å². The van der Waals surface area contributed by atoms with Crippen LogP contribution in [0.25, 0.3) is 0 Å². The summed E-state index contributed by atoms with van der Waals surface area (Å²) in [5, 5.41) is 0.137. The van der Waals surface area contributed by atoms with E-state index in [1.165, 1.54) is 0 Å². The Morgan fingerprint density at radius 3 is 2.47 bits per heavy atom. The maximum Gasteiger partial charge on any atom is 0.0442 e. The second-order valence-electron chi connectivity index (χ2n) is 4.28. The number of nitrogens with zero attached hydrogens (tertiary/aromatic N) is 2. The van der Waals surface area contributed by atoms with E-state index in [0.29, 0.717) is 6.54 Å². The molecule has 1 fully saturated rings. The molecule has 0 radical (unpaired) electrons. The topological polar surface area (TPSA) is 49.6 Å². The van der Waals surface area contributed by atoms with Gasteiger partial charge in [-0.1, -0.05) is 0 Å². The molecule has 90 valence electrons. The number of hydrogen-bond donors (Lipinski definition) is 1. The Bertz CT molecular complexity index is 205. The van der Waals surface area contributed by atoms with Crippen LogP contribution in [0.5, 0.6) is 0 Å². The SMILES string of the molecule is CC(CN)S(=O)CCN1CCN(C)CC1. The van der Waals surface area contributed by atoms with E-state index in [4.69, 9.17) is 5.73 Å². The van der Waals surface area contributed by atoms with E-state index in [2.05, 4.69) is 16.8 Å². The highest BCUT2D eigenvalue weighted by atomic mass is 32.2. The molecule has 15 heavy (non-hydrogen) atoms. The Kier molecular flexibility index (Phi) is 5.74. The molecule has 1 heterocycles. The molecule has 1 saturated heterocycles. The molecule has 2 N–H and O–H groups in total. The number of rotatable bonds is 5. The highest BCUT2D eigenvalue weighted by Crippen LogP contribution is 2.01. The number of nitrogens with two attached hydrogens (primary N) is 1. The summed E-state index contributed by atoms with van der Waals surface area (Å²) >= 11 is 0. The zero-order valence-corrected chi connectivity index (χ0v) is 10.6. The third-order valence-electron chi connectivity index (χ3n) is 2.99. The van der Waals surface area contributed by atoms with Gasteiger partial charge < -0.3 is 10.6 Å². The number of hydrogen-bond acceptors (Lipinski definition) is 4. The predicted octanol–water partition coefficient (Wildman–Crippen LogP) is -0.670. The van der Waals surface area contributed by atoms with Crippen LogP contribution in [0.2, 0.25) is 0 Å². The first kappa shape index (κ1) is 13.1. The lowest BCUT2D eigenvalue weighted by Crippen LogP contribution is -2.46. The molecule has 0 bridgehead atoms. The smallest absolute Gasteiger partial charge is 0.0442 e. The molecule has 4 nitrogen and oxygen atoms in total. The first-order valence-electron chi connectivity index (χ1n) is 5.61. The fourth-order valence-electron chi connectivity index (χ4n) is 1.60. The van der Waals surface area contributed by atoms with Gasteiger partial charge in [-0.25, -0.2) is 0 Å². The van der Waals surface area contributed by atoms with Crippen molar-refractivity contribution in [3.8, 4) is 0 Å². The molecule has 1 aliphatic rings. The van der Waals surface area contributed by atoms with Crippen molar-refractivity contribution in [1.82, 2.24) is 9.80 Å². The molecule has 0 saturated carbocycles. The van der Waals surface area contributed by atoms with Crippen molar-refractivity contribution in [3.63, 3.8) is 0 Å². The van der Waals surface area contributed by atoms with Gasteiger partial charge in [0.2, 0.25) is 0 Å². The summed E-state index contributed by atoms with van der Waals surface area (Å²) in [5.41, 5.74) is 5.49. The summed E-state index contributed by atoms with van der Waals surface area (Å²) in [6.45, 7) is 7.88. The van der Waals surface area contributed by atoms with Crippen molar-refractivity contribution in [2.24, 2.45) is 5.73 Å². The highest BCUT2D eigenvalue weighted by Gasteiger charge is 2.15. The third-order valence-corrected chi connectivity index (χ3v) is 4.66. The summed E-state index contributed by atoms with van der Waals surface area (Å²) in [6.07, 6.45) is 0. The number of likely N-dealkylation sites (N-methyl/N-ethyl adjacent to an activating group) is 1. The Labute approximate surface area is 95.3 Å². The number of piperazine rings is 1. The molecule has 2 atom stereocenters. The molecular weight excluding hydrogens is 210 g/mol. The lowest BCUT2D eigenvalue weighted by Gasteiger charge is -2.32. The van der Waals surface area contributed by atoms with Crippen LogP contribution in [0.4, 0.5) is 0 Å². The normalized spacial score (nSPS) is 23.9. The van der Waals surface area contributed by atoms with E-state index in [-0.39, 0.29) is 5.25 Å².